The molecule has 22 heavy (non-hydrogen) atoms. The molecule has 0 aromatic carbocycles. The van der Waals surface area contributed by atoms with Gasteiger partial charge >= 0.3 is 6.18 Å². The molecular formula is C16H26F3N3. The van der Waals surface area contributed by atoms with E-state index in [1.165, 1.54) is 0 Å². The number of allylic oxidation sites excluding steroid dienone is 3. The van der Waals surface area contributed by atoms with Gasteiger partial charge < -0.3 is 10.2 Å². The molecule has 0 unspecified atom stereocenters. The van der Waals surface area contributed by atoms with E-state index in [2.05, 4.69) is 10.3 Å². The summed E-state index contributed by atoms with van der Waals surface area (Å²) < 4.78 is 38.8. The standard InChI is InChI=1S/C16H26F3N3/c1-4-5-6-7-14(16(17,18)19)12-21-13(2)22(3)15-8-10-20-11-9-15/h6-7,12,15,20H,4-5,8-11H2,1-3H3/b7-6+,14-12+,21-13?. The molecule has 1 aliphatic rings. The summed E-state index contributed by atoms with van der Waals surface area (Å²) in [4.78, 5) is 6.01. The summed E-state index contributed by atoms with van der Waals surface area (Å²) in [6, 6.07) is 0.336. The molecule has 0 saturated carbocycles. The van der Waals surface area contributed by atoms with Crippen LogP contribution in [0.3, 0.4) is 0 Å². The van der Waals surface area contributed by atoms with Crippen LogP contribution in [0.15, 0.2) is 28.9 Å². The van der Waals surface area contributed by atoms with Gasteiger partial charge in [-0.15, -0.1) is 0 Å². The van der Waals surface area contributed by atoms with Gasteiger partial charge in [0, 0.05) is 19.3 Å². The second-order valence-corrected chi connectivity index (χ2v) is 5.54. The topological polar surface area (TPSA) is 27.6 Å². The molecular weight excluding hydrogens is 291 g/mol. The third kappa shape index (κ3) is 6.22. The van der Waals surface area contributed by atoms with Crippen LogP contribution in [-0.2, 0) is 0 Å². The molecule has 1 fully saturated rings. The van der Waals surface area contributed by atoms with Crippen LogP contribution < -0.4 is 5.32 Å². The van der Waals surface area contributed by atoms with Gasteiger partial charge in [-0.05, 0) is 39.3 Å². The van der Waals surface area contributed by atoms with Crippen molar-refractivity contribution in [1.82, 2.24) is 10.2 Å². The van der Waals surface area contributed by atoms with Crippen molar-refractivity contribution in [2.75, 3.05) is 20.1 Å². The number of nitrogens with zero attached hydrogens (tertiary/aromatic N) is 2. The van der Waals surface area contributed by atoms with Crippen molar-refractivity contribution in [2.24, 2.45) is 4.99 Å². The Hall–Kier alpha value is -1.30. The van der Waals surface area contributed by atoms with Gasteiger partial charge in [0.1, 0.15) is 5.84 Å². The fourth-order valence-corrected chi connectivity index (χ4v) is 2.30. The lowest BCUT2D eigenvalue weighted by Crippen LogP contribution is -2.43. The summed E-state index contributed by atoms with van der Waals surface area (Å²) >= 11 is 0. The molecule has 1 saturated heterocycles. The number of nitrogens with one attached hydrogen (secondary N) is 1. The van der Waals surface area contributed by atoms with E-state index in [1.54, 1.807) is 13.0 Å². The van der Waals surface area contributed by atoms with Gasteiger partial charge in [-0.2, -0.15) is 13.2 Å². The first-order chi connectivity index (χ1) is 10.4. The molecule has 0 amide bonds. The van der Waals surface area contributed by atoms with Crippen LogP contribution in [0.2, 0.25) is 0 Å². The van der Waals surface area contributed by atoms with Gasteiger partial charge in [0.25, 0.3) is 0 Å². The zero-order valence-corrected chi connectivity index (χ0v) is 13.6. The van der Waals surface area contributed by atoms with Crippen molar-refractivity contribution in [3.63, 3.8) is 0 Å². The fourth-order valence-electron chi connectivity index (χ4n) is 2.30. The second kappa shape index (κ2) is 8.98. The highest BCUT2D eigenvalue weighted by Gasteiger charge is 2.31. The fraction of sp³-hybridized carbons (Fsp3) is 0.688. The molecule has 3 nitrogen and oxygen atoms in total. The van der Waals surface area contributed by atoms with Crippen molar-refractivity contribution in [2.45, 2.75) is 51.7 Å². The summed E-state index contributed by atoms with van der Waals surface area (Å²) in [6.45, 7) is 5.55. The van der Waals surface area contributed by atoms with Crippen LogP contribution >= 0.6 is 0 Å². The number of hydrogen-bond donors (Lipinski definition) is 1. The van der Waals surface area contributed by atoms with Crippen molar-refractivity contribution in [3.05, 3.63) is 23.9 Å². The Bertz CT molecular complexity index is 419. The number of halogens is 3. The Labute approximate surface area is 131 Å². The molecule has 0 aromatic rings. The highest BCUT2D eigenvalue weighted by atomic mass is 19.4. The van der Waals surface area contributed by atoms with Crippen LogP contribution in [-0.4, -0.2) is 43.1 Å². The molecule has 1 rings (SSSR count). The molecule has 1 N–H and O–H groups in total. The minimum Gasteiger partial charge on any atom is -0.360 e. The number of alkyl halides is 3. The van der Waals surface area contributed by atoms with Crippen LogP contribution in [0.25, 0.3) is 0 Å². The van der Waals surface area contributed by atoms with E-state index in [0.717, 1.165) is 44.6 Å². The number of piperidine rings is 1. The molecule has 0 spiro atoms. The molecule has 0 aliphatic carbocycles. The van der Waals surface area contributed by atoms with Crippen LogP contribution in [0.4, 0.5) is 13.2 Å². The van der Waals surface area contributed by atoms with Crippen molar-refractivity contribution in [1.29, 1.82) is 0 Å². The van der Waals surface area contributed by atoms with E-state index in [1.807, 2.05) is 18.9 Å². The predicted molar refractivity (Wildman–Crippen MR) is 84.9 cm³/mol. The highest BCUT2D eigenvalue weighted by Crippen LogP contribution is 2.27. The first-order valence-electron chi connectivity index (χ1n) is 7.78. The van der Waals surface area contributed by atoms with E-state index in [0.29, 0.717) is 18.3 Å². The van der Waals surface area contributed by atoms with Crippen LogP contribution in [0.5, 0.6) is 0 Å². The summed E-state index contributed by atoms with van der Waals surface area (Å²) in [7, 11) is 1.89. The minimum atomic E-state index is -4.37. The number of hydrogen-bond acceptors (Lipinski definition) is 2. The molecule has 126 valence electrons. The molecule has 6 heteroatoms. The zero-order valence-electron chi connectivity index (χ0n) is 13.6. The monoisotopic (exact) mass is 317 g/mol. The van der Waals surface area contributed by atoms with Gasteiger partial charge in [0.2, 0.25) is 0 Å². The first kappa shape index (κ1) is 18.7. The van der Waals surface area contributed by atoms with E-state index in [9.17, 15) is 13.2 Å². The normalized spacial score (nSPS) is 19.0. The van der Waals surface area contributed by atoms with Crippen molar-refractivity contribution >= 4 is 5.84 Å². The average Bonchev–Trinajstić information content (AvgIpc) is 2.49. The Morgan fingerprint density at radius 2 is 1.95 bits per heavy atom. The molecule has 0 bridgehead atoms. The van der Waals surface area contributed by atoms with E-state index >= 15 is 0 Å². The number of rotatable bonds is 5. The number of unbranched alkanes of at least 4 members (excludes halogenated alkanes) is 1. The van der Waals surface area contributed by atoms with Gasteiger partial charge in [0.15, 0.2) is 0 Å². The van der Waals surface area contributed by atoms with Gasteiger partial charge in [0.05, 0.1) is 5.57 Å². The summed E-state index contributed by atoms with van der Waals surface area (Å²) in [5, 5.41) is 3.27. The molecule has 1 heterocycles. The van der Waals surface area contributed by atoms with Gasteiger partial charge in [-0.1, -0.05) is 25.5 Å². The Morgan fingerprint density at radius 1 is 1.32 bits per heavy atom. The lowest BCUT2D eigenvalue weighted by atomic mass is 10.1. The smallest absolute Gasteiger partial charge is 0.360 e. The first-order valence-corrected chi connectivity index (χ1v) is 7.78. The van der Waals surface area contributed by atoms with Crippen molar-refractivity contribution < 1.29 is 13.2 Å². The number of amidine groups is 1. The highest BCUT2D eigenvalue weighted by molar-refractivity contribution is 5.80. The van der Waals surface area contributed by atoms with E-state index in [-0.39, 0.29) is 0 Å². The molecule has 0 radical (unpaired) electrons. The molecule has 0 aromatic heterocycles. The third-order valence-electron chi connectivity index (χ3n) is 3.84. The predicted octanol–water partition coefficient (Wildman–Crippen LogP) is 3.89. The second-order valence-electron chi connectivity index (χ2n) is 5.54. The quantitative estimate of drug-likeness (QED) is 0.473. The summed E-state index contributed by atoms with van der Waals surface area (Å²) in [5.41, 5.74) is -0.709. The third-order valence-corrected chi connectivity index (χ3v) is 3.84. The Morgan fingerprint density at radius 3 is 2.50 bits per heavy atom. The average molecular weight is 317 g/mol. The molecule has 1 aliphatic heterocycles. The summed E-state index contributed by atoms with van der Waals surface area (Å²) in [6.07, 6.45) is 2.63. The SMILES string of the molecule is CCC/C=C/C(=C\N=C(C)N(C)C1CCNCC1)C(F)(F)F. The van der Waals surface area contributed by atoms with Gasteiger partial charge in [-0.3, -0.25) is 0 Å². The maximum atomic E-state index is 12.9. The Kier molecular flexibility index (Phi) is 7.65. The van der Waals surface area contributed by atoms with E-state index < -0.39 is 11.7 Å². The Balaban J connectivity index is 2.80. The lowest BCUT2D eigenvalue weighted by Gasteiger charge is -2.32. The maximum Gasteiger partial charge on any atom is 0.417 e. The zero-order chi connectivity index (χ0) is 16.6. The summed E-state index contributed by atoms with van der Waals surface area (Å²) in [5.74, 6) is 0.609. The van der Waals surface area contributed by atoms with Gasteiger partial charge in [-0.25, -0.2) is 4.99 Å². The van der Waals surface area contributed by atoms with Crippen LogP contribution in [0.1, 0.15) is 39.5 Å². The lowest BCUT2D eigenvalue weighted by molar-refractivity contribution is -0.0883. The number of aliphatic imine (C=N–C) groups is 1. The maximum absolute atomic E-state index is 12.9. The minimum absolute atomic E-state index is 0.336. The molecule has 0 atom stereocenters. The van der Waals surface area contributed by atoms with E-state index in [4.69, 9.17) is 0 Å². The van der Waals surface area contributed by atoms with Crippen molar-refractivity contribution in [3.8, 4) is 0 Å². The van der Waals surface area contributed by atoms with Crippen LogP contribution in [0, 0.1) is 0 Å². The largest absolute Gasteiger partial charge is 0.417 e.